The molecule has 3 heterocycles. The normalized spacial score (nSPS) is 19.0. The predicted molar refractivity (Wildman–Crippen MR) is 101 cm³/mol. The number of hydrogen-bond acceptors (Lipinski definition) is 4. The Morgan fingerprint density at radius 1 is 1.30 bits per heavy atom. The molecule has 1 aliphatic heterocycles. The van der Waals surface area contributed by atoms with Gasteiger partial charge in [0.25, 0.3) is 11.5 Å². The van der Waals surface area contributed by atoms with Crippen molar-refractivity contribution < 1.29 is 9.90 Å². The van der Waals surface area contributed by atoms with Gasteiger partial charge in [0.15, 0.2) is 0 Å². The van der Waals surface area contributed by atoms with E-state index in [0.29, 0.717) is 31.8 Å². The molecule has 1 fully saturated rings. The van der Waals surface area contributed by atoms with Gasteiger partial charge in [-0.1, -0.05) is 0 Å². The number of imidazole rings is 1. The first kappa shape index (κ1) is 18.0. The number of carbonyl (C=O) groups excluding carboxylic acids is 1. The van der Waals surface area contributed by atoms with Gasteiger partial charge >= 0.3 is 0 Å². The molecule has 4 rings (SSSR count). The molecule has 7 heteroatoms. The second-order valence-electron chi connectivity index (χ2n) is 7.69. The van der Waals surface area contributed by atoms with Crippen LogP contribution in [-0.4, -0.2) is 43.5 Å². The summed E-state index contributed by atoms with van der Waals surface area (Å²) in [6.45, 7) is 1.09. The molecule has 1 atom stereocenters. The molecule has 0 spiro atoms. The zero-order valence-corrected chi connectivity index (χ0v) is 15.6. The molecule has 1 aliphatic carbocycles. The molecule has 2 N–H and O–H groups in total. The zero-order chi connectivity index (χ0) is 19.0. The summed E-state index contributed by atoms with van der Waals surface area (Å²) >= 11 is 0. The molecule has 0 saturated carbocycles. The highest BCUT2D eigenvalue weighted by atomic mass is 16.3. The highest BCUT2D eigenvalue weighted by molar-refractivity contribution is 5.94. The summed E-state index contributed by atoms with van der Waals surface area (Å²) < 4.78 is 1.83. The van der Waals surface area contributed by atoms with E-state index < -0.39 is 6.10 Å². The monoisotopic (exact) mass is 370 g/mol. The van der Waals surface area contributed by atoms with Crippen LogP contribution in [0, 0.1) is 5.92 Å². The van der Waals surface area contributed by atoms with Crippen LogP contribution >= 0.6 is 0 Å². The van der Waals surface area contributed by atoms with E-state index >= 15 is 0 Å². The van der Waals surface area contributed by atoms with Crippen molar-refractivity contribution in [2.75, 3.05) is 13.1 Å². The number of nitrogens with one attached hydrogen (secondary N) is 1. The van der Waals surface area contributed by atoms with Crippen molar-refractivity contribution in [1.82, 2.24) is 19.4 Å². The van der Waals surface area contributed by atoms with Crippen molar-refractivity contribution in [2.45, 2.75) is 44.6 Å². The molecule has 0 aromatic carbocycles. The van der Waals surface area contributed by atoms with Crippen LogP contribution in [0.2, 0.25) is 0 Å². The molecule has 0 radical (unpaired) electrons. The zero-order valence-electron chi connectivity index (χ0n) is 15.6. The topological polar surface area (TPSA) is 91.2 Å². The smallest absolute Gasteiger partial charge is 0.261 e. The van der Waals surface area contributed by atoms with Gasteiger partial charge in [-0.2, -0.15) is 0 Å². The van der Waals surface area contributed by atoms with Crippen LogP contribution in [0.3, 0.4) is 0 Å². The number of aliphatic hydroxyl groups is 1. The van der Waals surface area contributed by atoms with E-state index in [1.165, 1.54) is 0 Å². The minimum atomic E-state index is -0.630. The van der Waals surface area contributed by atoms with E-state index in [4.69, 9.17) is 0 Å². The van der Waals surface area contributed by atoms with Crippen molar-refractivity contribution in [3.63, 3.8) is 0 Å². The van der Waals surface area contributed by atoms with Crippen molar-refractivity contribution >= 4 is 5.91 Å². The lowest BCUT2D eigenvalue weighted by molar-refractivity contribution is 0.0419. The molecule has 2 aromatic heterocycles. The number of amides is 1. The number of aliphatic hydroxyl groups excluding tert-OH is 1. The van der Waals surface area contributed by atoms with Gasteiger partial charge in [-0.3, -0.25) is 9.59 Å². The molecule has 0 bridgehead atoms. The van der Waals surface area contributed by atoms with Gasteiger partial charge < -0.3 is 19.6 Å². The van der Waals surface area contributed by atoms with Crippen LogP contribution < -0.4 is 5.56 Å². The van der Waals surface area contributed by atoms with Crippen molar-refractivity contribution in [2.24, 2.45) is 13.0 Å². The number of carbonyl (C=O) groups is 1. The fourth-order valence-corrected chi connectivity index (χ4v) is 4.30. The first-order chi connectivity index (χ1) is 13.0. The maximum absolute atomic E-state index is 12.9. The number of aromatic amines is 1. The minimum absolute atomic E-state index is 0.0666. The maximum atomic E-state index is 12.9. The summed E-state index contributed by atoms with van der Waals surface area (Å²) in [6, 6.07) is 1.80. The number of nitrogens with zero attached hydrogens (tertiary/aromatic N) is 3. The predicted octanol–water partition coefficient (Wildman–Crippen LogP) is 1.57. The minimum Gasteiger partial charge on any atom is -0.385 e. The van der Waals surface area contributed by atoms with E-state index in [1.54, 1.807) is 17.2 Å². The van der Waals surface area contributed by atoms with Gasteiger partial charge in [-0.25, -0.2) is 4.98 Å². The molecule has 7 nitrogen and oxygen atoms in total. The summed E-state index contributed by atoms with van der Waals surface area (Å²) in [5.74, 6) is 0.525. The fraction of sp³-hybridized carbons (Fsp3) is 0.550. The SMILES string of the molecule is Cn1ccnc1C(O)C1CCN(C(=O)c2cc3c([nH]c2=O)CCCC3)CC1. The number of hydrogen-bond donors (Lipinski definition) is 2. The summed E-state index contributed by atoms with van der Waals surface area (Å²) in [5.41, 5.74) is 2.05. The first-order valence-electron chi connectivity index (χ1n) is 9.74. The van der Waals surface area contributed by atoms with Gasteiger partial charge in [0.05, 0.1) is 0 Å². The Morgan fingerprint density at radius 3 is 2.74 bits per heavy atom. The maximum Gasteiger partial charge on any atom is 0.261 e. The van der Waals surface area contributed by atoms with Crippen LogP contribution in [0.5, 0.6) is 0 Å². The largest absolute Gasteiger partial charge is 0.385 e. The third-order valence-corrected chi connectivity index (χ3v) is 5.96. The number of H-pyrrole nitrogens is 1. The lowest BCUT2D eigenvalue weighted by Gasteiger charge is -2.34. The van der Waals surface area contributed by atoms with Crippen LogP contribution in [-0.2, 0) is 19.9 Å². The van der Waals surface area contributed by atoms with Gasteiger partial charge in [-0.15, -0.1) is 0 Å². The molecule has 1 amide bonds. The second-order valence-corrected chi connectivity index (χ2v) is 7.69. The Morgan fingerprint density at radius 2 is 2.04 bits per heavy atom. The third kappa shape index (κ3) is 3.43. The van der Waals surface area contributed by atoms with E-state index in [1.807, 2.05) is 17.8 Å². The highest BCUT2D eigenvalue weighted by Crippen LogP contribution is 2.30. The van der Waals surface area contributed by atoms with Crippen LogP contribution in [0.25, 0.3) is 0 Å². The molecular weight excluding hydrogens is 344 g/mol. The average Bonchev–Trinajstić information content (AvgIpc) is 3.12. The molecule has 27 heavy (non-hydrogen) atoms. The number of likely N-dealkylation sites (tertiary alicyclic amines) is 1. The lowest BCUT2D eigenvalue weighted by Crippen LogP contribution is -2.42. The van der Waals surface area contributed by atoms with Gasteiger partial charge in [0, 0.05) is 38.2 Å². The molecule has 1 unspecified atom stereocenters. The van der Waals surface area contributed by atoms with E-state index in [-0.39, 0.29) is 22.9 Å². The number of aromatic nitrogens is 3. The van der Waals surface area contributed by atoms with E-state index in [2.05, 4.69) is 9.97 Å². The second kappa shape index (κ2) is 7.31. The number of piperidine rings is 1. The van der Waals surface area contributed by atoms with Crippen molar-refractivity contribution in [1.29, 1.82) is 0 Å². The molecule has 144 valence electrons. The van der Waals surface area contributed by atoms with Gasteiger partial charge in [0.1, 0.15) is 17.5 Å². The molecule has 2 aliphatic rings. The Labute approximate surface area is 158 Å². The average molecular weight is 370 g/mol. The summed E-state index contributed by atoms with van der Waals surface area (Å²) in [6.07, 6.45) is 8.25. The Bertz CT molecular complexity index is 893. The summed E-state index contributed by atoms with van der Waals surface area (Å²) in [5, 5.41) is 10.6. The van der Waals surface area contributed by atoms with Crippen LogP contribution in [0.1, 0.15) is 59.2 Å². The molecule has 1 saturated heterocycles. The van der Waals surface area contributed by atoms with Crippen LogP contribution in [0.4, 0.5) is 0 Å². The van der Waals surface area contributed by atoms with Gasteiger partial charge in [0.2, 0.25) is 0 Å². The van der Waals surface area contributed by atoms with E-state index in [0.717, 1.165) is 36.9 Å². The third-order valence-electron chi connectivity index (χ3n) is 5.96. The first-order valence-corrected chi connectivity index (χ1v) is 9.74. The Kier molecular flexibility index (Phi) is 4.86. The lowest BCUT2D eigenvalue weighted by atomic mass is 9.90. The molecular formula is C20H26N4O3. The quantitative estimate of drug-likeness (QED) is 0.858. The number of fused-ring (bicyclic) bond motifs is 1. The summed E-state index contributed by atoms with van der Waals surface area (Å²) in [4.78, 5) is 34.2. The molecule has 2 aromatic rings. The van der Waals surface area contributed by atoms with Gasteiger partial charge in [-0.05, 0) is 56.1 Å². The van der Waals surface area contributed by atoms with E-state index in [9.17, 15) is 14.7 Å². The number of pyridine rings is 1. The number of aryl methyl sites for hydroxylation is 3. The van der Waals surface area contributed by atoms with Crippen molar-refractivity contribution in [3.8, 4) is 0 Å². The standard InChI is InChI=1S/C20H26N4O3/c1-23-11-8-21-18(23)17(25)13-6-9-24(10-7-13)20(27)15-12-14-4-2-3-5-16(14)22-19(15)26/h8,11-13,17,25H,2-7,9-10H2,1H3,(H,22,26). The van der Waals surface area contributed by atoms with Crippen molar-refractivity contribution in [3.05, 3.63) is 51.5 Å². The Balaban J connectivity index is 1.45. The number of rotatable bonds is 3. The Hall–Kier alpha value is -2.41. The van der Waals surface area contributed by atoms with Crippen LogP contribution in [0.15, 0.2) is 23.3 Å². The fourth-order valence-electron chi connectivity index (χ4n) is 4.30. The summed E-state index contributed by atoms with van der Waals surface area (Å²) in [7, 11) is 1.87. The highest BCUT2D eigenvalue weighted by Gasteiger charge is 2.31.